The molecule has 0 heterocycles. The van der Waals surface area contributed by atoms with Crippen molar-refractivity contribution in [1.29, 1.82) is 0 Å². The fourth-order valence-electron chi connectivity index (χ4n) is 2.62. The van der Waals surface area contributed by atoms with E-state index in [1.807, 2.05) is 0 Å². The zero-order chi connectivity index (χ0) is 14.2. The van der Waals surface area contributed by atoms with Gasteiger partial charge >= 0.3 is 0 Å². The molecule has 2 heteroatoms. The van der Waals surface area contributed by atoms with Crippen molar-refractivity contribution in [2.24, 2.45) is 0 Å². The van der Waals surface area contributed by atoms with Crippen LogP contribution in [0.2, 0.25) is 0 Å². The van der Waals surface area contributed by atoms with Crippen molar-refractivity contribution in [3.05, 3.63) is 0 Å². The first-order valence-corrected chi connectivity index (χ1v) is 11.0. The van der Waals surface area contributed by atoms with Gasteiger partial charge in [0.2, 0.25) is 0 Å². The van der Waals surface area contributed by atoms with Gasteiger partial charge in [-0.05, 0) is 37.7 Å². The molecule has 0 saturated carbocycles. The number of hydrogen-bond donors (Lipinski definition) is 0. The molecule has 0 atom stereocenters. The molecule has 0 aliphatic heterocycles. The van der Waals surface area contributed by atoms with Crippen LogP contribution in [0.15, 0.2) is 0 Å². The standard InChI is InChI=1S/C18H39P.Ni/c1-4-7-10-13-16-19(17-14-11-8-5-2)18-15-12-9-6-3;/h4-18H2,1-3H3;. The van der Waals surface area contributed by atoms with E-state index in [0.717, 1.165) is 0 Å². The molecule has 0 unspecified atom stereocenters. The molecule has 20 heavy (non-hydrogen) atoms. The summed E-state index contributed by atoms with van der Waals surface area (Å²) in [4.78, 5) is 0. The summed E-state index contributed by atoms with van der Waals surface area (Å²) in [6.07, 6.45) is 22.2. The topological polar surface area (TPSA) is 0 Å². The van der Waals surface area contributed by atoms with Crippen molar-refractivity contribution in [3.8, 4) is 0 Å². The third-order valence-electron chi connectivity index (χ3n) is 3.98. The first kappa shape index (κ1) is 23.2. The molecule has 126 valence electrons. The van der Waals surface area contributed by atoms with Gasteiger partial charge < -0.3 is 0 Å². The summed E-state index contributed by atoms with van der Waals surface area (Å²) < 4.78 is 0. The van der Waals surface area contributed by atoms with Crippen molar-refractivity contribution in [3.63, 3.8) is 0 Å². The van der Waals surface area contributed by atoms with Crippen LogP contribution in [-0.2, 0) is 16.5 Å². The van der Waals surface area contributed by atoms with Gasteiger partial charge in [-0.15, -0.1) is 7.92 Å². The number of hydrogen-bond acceptors (Lipinski definition) is 0. The van der Waals surface area contributed by atoms with E-state index in [9.17, 15) is 0 Å². The molecule has 0 amide bonds. The van der Waals surface area contributed by atoms with Crippen LogP contribution in [-0.4, -0.2) is 18.5 Å². The first-order valence-electron chi connectivity index (χ1n) is 9.07. The van der Waals surface area contributed by atoms with Crippen molar-refractivity contribution >= 4 is 7.92 Å². The largest absolute Gasteiger partial charge is 0.107 e. The van der Waals surface area contributed by atoms with E-state index in [4.69, 9.17) is 0 Å². The molecule has 0 aromatic carbocycles. The van der Waals surface area contributed by atoms with E-state index in [-0.39, 0.29) is 16.5 Å². The maximum Gasteiger partial charge on any atom is 0 e. The number of unbranched alkanes of at least 4 members (excludes halogenated alkanes) is 9. The summed E-state index contributed by atoms with van der Waals surface area (Å²) >= 11 is 0. The molecule has 0 aromatic rings. The van der Waals surface area contributed by atoms with Crippen LogP contribution in [0.5, 0.6) is 0 Å². The maximum absolute atomic E-state index is 2.32. The third kappa shape index (κ3) is 17.0. The normalized spacial score (nSPS) is 10.8. The second-order valence-corrected chi connectivity index (χ2v) is 8.71. The van der Waals surface area contributed by atoms with Crippen molar-refractivity contribution in [2.75, 3.05) is 18.5 Å². The molecular formula is C18H39NiP. The van der Waals surface area contributed by atoms with Gasteiger partial charge in [-0.2, -0.15) is 0 Å². The Kier molecular flexibility index (Phi) is 23.1. The van der Waals surface area contributed by atoms with Gasteiger partial charge in [0.15, 0.2) is 0 Å². The average Bonchev–Trinajstić information content (AvgIpc) is 2.43. The average molecular weight is 345 g/mol. The minimum absolute atomic E-state index is 0. The Morgan fingerprint density at radius 2 is 0.750 bits per heavy atom. The summed E-state index contributed by atoms with van der Waals surface area (Å²) in [7, 11) is 0.389. The summed E-state index contributed by atoms with van der Waals surface area (Å²) in [5.41, 5.74) is 0. The number of rotatable bonds is 15. The molecule has 0 aromatic heterocycles. The monoisotopic (exact) mass is 344 g/mol. The van der Waals surface area contributed by atoms with Crippen LogP contribution in [0, 0.1) is 0 Å². The zero-order valence-electron chi connectivity index (χ0n) is 14.4. The fraction of sp³-hybridized carbons (Fsp3) is 1.00. The molecule has 0 aliphatic carbocycles. The Morgan fingerprint density at radius 3 is 1.00 bits per heavy atom. The second kappa shape index (κ2) is 19.9. The van der Waals surface area contributed by atoms with Gasteiger partial charge in [0.05, 0.1) is 0 Å². The Labute approximate surface area is 140 Å². The van der Waals surface area contributed by atoms with E-state index in [1.54, 1.807) is 18.5 Å². The molecule has 0 nitrogen and oxygen atoms in total. The fourth-order valence-corrected chi connectivity index (χ4v) is 5.31. The predicted octanol–water partition coefficient (Wildman–Crippen LogP) is 7.21. The van der Waals surface area contributed by atoms with Crippen LogP contribution < -0.4 is 0 Å². The Balaban J connectivity index is 0. The predicted molar refractivity (Wildman–Crippen MR) is 93.9 cm³/mol. The third-order valence-corrected chi connectivity index (χ3v) is 6.83. The second-order valence-electron chi connectivity index (χ2n) is 6.02. The van der Waals surface area contributed by atoms with Gasteiger partial charge in [0.25, 0.3) is 0 Å². The van der Waals surface area contributed by atoms with Crippen LogP contribution in [0.25, 0.3) is 0 Å². The van der Waals surface area contributed by atoms with E-state index < -0.39 is 0 Å². The first-order chi connectivity index (χ1) is 9.35. The van der Waals surface area contributed by atoms with Crippen LogP contribution in [0.4, 0.5) is 0 Å². The van der Waals surface area contributed by atoms with Gasteiger partial charge in [0.1, 0.15) is 0 Å². The van der Waals surface area contributed by atoms with Crippen LogP contribution in [0.3, 0.4) is 0 Å². The minimum Gasteiger partial charge on any atom is -0.107 e. The molecule has 0 aliphatic rings. The Morgan fingerprint density at radius 1 is 0.450 bits per heavy atom. The van der Waals surface area contributed by atoms with E-state index in [0.29, 0.717) is 7.92 Å². The van der Waals surface area contributed by atoms with Gasteiger partial charge in [-0.1, -0.05) is 78.6 Å². The minimum atomic E-state index is 0. The van der Waals surface area contributed by atoms with Crippen molar-refractivity contribution < 1.29 is 16.5 Å². The van der Waals surface area contributed by atoms with Crippen molar-refractivity contribution in [1.82, 2.24) is 0 Å². The molecule has 0 spiro atoms. The van der Waals surface area contributed by atoms with Gasteiger partial charge in [-0.3, -0.25) is 0 Å². The zero-order valence-corrected chi connectivity index (χ0v) is 16.3. The Hall–Kier alpha value is 0.924. The van der Waals surface area contributed by atoms with Crippen LogP contribution in [0.1, 0.15) is 97.8 Å². The summed E-state index contributed by atoms with van der Waals surface area (Å²) in [6.45, 7) is 6.95. The summed E-state index contributed by atoms with van der Waals surface area (Å²) in [6, 6.07) is 0. The van der Waals surface area contributed by atoms with E-state index >= 15 is 0 Å². The smallest absolute Gasteiger partial charge is 0 e. The molecule has 0 fully saturated rings. The molecule has 0 saturated heterocycles. The van der Waals surface area contributed by atoms with Crippen LogP contribution >= 0.6 is 7.92 Å². The maximum atomic E-state index is 2.32. The van der Waals surface area contributed by atoms with Crippen molar-refractivity contribution in [2.45, 2.75) is 97.8 Å². The summed E-state index contributed by atoms with van der Waals surface area (Å²) in [5.74, 6) is 0. The summed E-state index contributed by atoms with van der Waals surface area (Å²) in [5, 5.41) is 0. The van der Waals surface area contributed by atoms with E-state index in [2.05, 4.69) is 20.8 Å². The quantitative estimate of drug-likeness (QED) is 0.167. The molecule has 0 rings (SSSR count). The SMILES string of the molecule is CCCCCCP(CCCCCC)CCCCCC.[Ni]. The van der Waals surface area contributed by atoms with Gasteiger partial charge in [0, 0.05) is 16.5 Å². The van der Waals surface area contributed by atoms with Gasteiger partial charge in [-0.25, -0.2) is 0 Å². The van der Waals surface area contributed by atoms with E-state index in [1.165, 1.54) is 77.0 Å². The molecular weight excluding hydrogens is 306 g/mol. The molecule has 0 radical (unpaired) electrons. The molecule has 0 bridgehead atoms. The Bertz CT molecular complexity index is 133. The molecule has 0 N–H and O–H groups in total.